The quantitative estimate of drug-likeness (QED) is 0.677. The number of hydrogen-bond acceptors (Lipinski definition) is 5. The van der Waals surface area contributed by atoms with Crippen LogP contribution in [0.3, 0.4) is 0 Å². The van der Waals surface area contributed by atoms with Crippen molar-refractivity contribution in [2.75, 3.05) is 33.2 Å². The molecule has 0 saturated carbocycles. The second kappa shape index (κ2) is 7.37. The van der Waals surface area contributed by atoms with Crippen LogP contribution >= 0.6 is 11.3 Å². The summed E-state index contributed by atoms with van der Waals surface area (Å²) in [6.07, 6.45) is 0. The summed E-state index contributed by atoms with van der Waals surface area (Å²) < 4.78 is 0. The average Bonchev–Trinajstić information content (AvgIpc) is 2.98. The Balaban J connectivity index is 1.83. The van der Waals surface area contributed by atoms with Gasteiger partial charge in [0.25, 0.3) is 0 Å². The standard InChI is InChI=1S/C13H20N4O2S/c1-14-13(19)11-8-15-4-5-17(11)9-12(18)16-7-10-3-2-6-20-10/h2-3,6,11,15H,4-5,7-9H2,1H3,(H,14,19)(H,16,18). The predicted molar refractivity (Wildman–Crippen MR) is 78.5 cm³/mol. The highest BCUT2D eigenvalue weighted by atomic mass is 32.1. The Morgan fingerprint density at radius 1 is 1.55 bits per heavy atom. The lowest BCUT2D eigenvalue weighted by atomic mass is 10.1. The van der Waals surface area contributed by atoms with Gasteiger partial charge in [0, 0.05) is 31.6 Å². The van der Waals surface area contributed by atoms with Gasteiger partial charge in [-0.15, -0.1) is 11.3 Å². The van der Waals surface area contributed by atoms with Crippen molar-refractivity contribution in [3.05, 3.63) is 22.4 Å². The zero-order chi connectivity index (χ0) is 14.4. The van der Waals surface area contributed by atoms with Crippen LogP contribution in [-0.2, 0) is 16.1 Å². The number of likely N-dealkylation sites (N-methyl/N-ethyl adjacent to an activating group) is 1. The Kier molecular flexibility index (Phi) is 5.51. The summed E-state index contributed by atoms with van der Waals surface area (Å²) in [4.78, 5) is 26.8. The van der Waals surface area contributed by atoms with Crippen LogP contribution in [0.1, 0.15) is 4.88 Å². The Hall–Kier alpha value is -1.44. The van der Waals surface area contributed by atoms with Crippen LogP contribution < -0.4 is 16.0 Å². The molecule has 0 bridgehead atoms. The zero-order valence-corrected chi connectivity index (χ0v) is 12.3. The number of thiophene rings is 1. The maximum absolute atomic E-state index is 12.0. The molecule has 1 aromatic rings. The molecule has 0 spiro atoms. The van der Waals surface area contributed by atoms with E-state index in [-0.39, 0.29) is 24.4 Å². The van der Waals surface area contributed by atoms with Crippen molar-refractivity contribution in [1.82, 2.24) is 20.9 Å². The number of rotatable bonds is 5. The van der Waals surface area contributed by atoms with E-state index in [9.17, 15) is 9.59 Å². The zero-order valence-electron chi connectivity index (χ0n) is 11.5. The monoisotopic (exact) mass is 296 g/mol. The summed E-state index contributed by atoms with van der Waals surface area (Å²) in [6, 6.07) is 3.67. The molecule has 2 heterocycles. The van der Waals surface area contributed by atoms with Crippen molar-refractivity contribution in [3.8, 4) is 0 Å². The first-order chi connectivity index (χ1) is 9.70. The maximum atomic E-state index is 12.0. The molecule has 1 aromatic heterocycles. The third-order valence-electron chi connectivity index (χ3n) is 3.29. The summed E-state index contributed by atoms with van der Waals surface area (Å²) in [5, 5.41) is 10.7. The van der Waals surface area contributed by atoms with Gasteiger partial charge in [0.2, 0.25) is 11.8 Å². The molecule has 0 aromatic carbocycles. The van der Waals surface area contributed by atoms with Crippen LogP contribution in [0.15, 0.2) is 17.5 Å². The number of amides is 2. The molecule has 1 saturated heterocycles. The fraction of sp³-hybridized carbons (Fsp3) is 0.538. The van der Waals surface area contributed by atoms with Crippen molar-refractivity contribution in [2.24, 2.45) is 0 Å². The normalized spacial score (nSPS) is 19.6. The summed E-state index contributed by atoms with van der Waals surface area (Å²) in [6.45, 7) is 2.88. The molecule has 1 unspecified atom stereocenters. The van der Waals surface area contributed by atoms with E-state index in [1.54, 1.807) is 18.4 Å². The fourth-order valence-corrected chi connectivity index (χ4v) is 2.84. The lowest BCUT2D eigenvalue weighted by Crippen LogP contribution is -2.59. The smallest absolute Gasteiger partial charge is 0.238 e. The molecule has 1 aliphatic rings. The molecule has 6 nitrogen and oxygen atoms in total. The van der Waals surface area contributed by atoms with Crippen LogP contribution in [0.25, 0.3) is 0 Å². The van der Waals surface area contributed by atoms with Gasteiger partial charge >= 0.3 is 0 Å². The minimum atomic E-state index is -0.277. The van der Waals surface area contributed by atoms with Gasteiger partial charge < -0.3 is 16.0 Å². The fourth-order valence-electron chi connectivity index (χ4n) is 2.20. The SMILES string of the molecule is CNC(=O)C1CNCCN1CC(=O)NCc1cccs1. The molecular formula is C13H20N4O2S. The van der Waals surface area contributed by atoms with Gasteiger partial charge in [0.1, 0.15) is 6.04 Å². The molecule has 1 aliphatic heterocycles. The average molecular weight is 296 g/mol. The summed E-state index contributed by atoms with van der Waals surface area (Å²) in [7, 11) is 1.62. The maximum Gasteiger partial charge on any atom is 0.238 e. The van der Waals surface area contributed by atoms with Crippen LogP contribution in [0.4, 0.5) is 0 Å². The number of carbonyl (C=O) groups excluding carboxylic acids is 2. The molecule has 7 heteroatoms. The number of carbonyl (C=O) groups is 2. The topological polar surface area (TPSA) is 73.5 Å². The molecule has 0 aliphatic carbocycles. The third kappa shape index (κ3) is 4.03. The number of hydrogen-bond donors (Lipinski definition) is 3. The number of piperazine rings is 1. The Bertz CT molecular complexity index is 449. The molecule has 3 N–H and O–H groups in total. The van der Waals surface area contributed by atoms with Crippen molar-refractivity contribution in [3.63, 3.8) is 0 Å². The second-order valence-corrected chi connectivity index (χ2v) is 5.69. The van der Waals surface area contributed by atoms with E-state index in [2.05, 4.69) is 16.0 Å². The van der Waals surface area contributed by atoms with Crippen molar-refractivity contribution in [2.45, 2.75) is 12.6 Å². The van der Waals surface area contributed by atoms with Gasteiger partial charge in [-0.1, -0.05) is 6.07 Å². The van der Waals surface area contributed by atoms with Crippen LogP contribution in [0, 0.1) is 0 Å². The Labute approximate surface area is 122 Å². The Morgan fingerprint density at radius 3 is 3.10 bits per heavy atom. The minimum Gasteiger partial charge on any atom is -0.358 e. The molecule has 0 radical (unpaired) electrons. The highest BCUT2D eigenvalue weighted by molar-refractivity contribution is 7.09. The van der Waals surface area contributed by atoms with Gasteiger partial charge in [-0.2, -0.15) is 0 Å². The van der Waals surface area contributed by atoms with E-state index in [1.165, 1.54) is 0 Å². The minimum absolute atomic E-state index is 0.0470. The van der Waals surface area contributed by atoms with Gasteiger partial charge in [-0.25, -0.2) is 0 Å². The lowest BCUT2D eigenvalue weighted by molar-refractivity contribution is -0.129. The van der Waals surface area contributed by atoms with E-state index in [0.29, 0.717) is 19.6 Å². The molecule has 1 atom stereocenters. The van der Waals surface area contributed by atoms with E-state index < -0.39 is 0 Å². The summed E-state index contributed by atoms with van der Waals surface area (Å²) in [5.41, 5.74) is 0. The highest BCUT2D eigenvalue weighted by Gasteiger charge is 2.28. The first-order valence-corrected chi connectivity index (χ1v) is 7.54. The van der Waals surface area contributed by atoms with Gasteiger partial charge in [-0.05, 0) is 11.4 Å². The van der Waals surface area contributed by atoms with Crippen molar-refractivity contribution < 1.29 is 9.59 Å². The molecule has 20 heavy (non-hydrogen) atoms. The summed E-state index contributed by atoms with van der Waals surface area (Å²) in [5.74, 6) is -0.0996. The third-order valence-corrected chi connectivity index (χ3v) is 4.17. The number of nitrogens with one attached hydrogen (secondary N) is 3. The lowest BCUT2D eigenvalue weighted by Gasteiger charge is -2.34. The molecule has 110 valence electrons. The largest absolute Gasteiger partial charge is 0.358 e. The molecular weight excluding hydrogens is 276 g/mol. The van der Waals surface area contributed by atoms with Gasteiger partial charge in [0.15, 0.2) is 0 Å². The summed E-state index contributed by atoms with van der Waals surface area (Å²) >= 11 is 1.62. The number of nitrogens with zero attached hydrogens (tertiary/aromatic N) is 1. The highest BCUT2D eigenvalue weighted by Crippen LogP contribution is 2.08. The van der Waals surface area contributed by atoms with E-state index in [4.69, 9.17) is 0 Å². The molecule has 2 amide bonds. The molecule has 1 fully saturated rings. The van der Waals surface area contributed by atoms with Crippen molar-refractivity contribution >= 4 is 23.2 Å². The van der Waals surface area contributed by atoms with Crippen LogP contribution in [0.5, 0.6) is 0 Å². The Morgan fingerprint density at radius 2 is 2.40 bits per heavy atom. The van der Waals surface area contributed by atoms with E-state index in [0.717, 1.165) is 11.4 Å². The predicted octanol–water partition coefficient (Wildman–Crippen LogP) is -0.616. The first kappa shape index (κ1) is 15.0. The van der Waals surface area contributed by atoms with Gasteiger partial charge in [0.05, 0.1) is 13.1 Å². The first-order valence-electron chi connectivity index (χ1n) is 6.66. The van der Waals surface area contributed by atoms with Crippen molar-refractivity contribution in [1.29, 1.82) is 0 Å². The van der Waals surface area contributed by atoms with Crippen LogP contribution in [-0.4, -0.2) is 56.0 Å². The molecule has 2 rings (SSSR count). The van der Waals surface area contributed by atoms with E-state index >= 15 is 0 Å². The second-order valence-electron chi connectivity index (χ2n) is 4.66. The van der Waals surface area contributed by atoms with Crippen LogP contribution in [0.2, 0.25) is 0 Å². The van der Waals surface area contributed by atoms with Gasteiger partial charge in [-0.3, -0.25) is 14.5 Å². The van der Waals surface area contributed by atoms with E-state index in [1.807, 2.05) is 22.4 Å².